The lowest BCUT2D eigenvalue weighted by atomic mass is 9.62. The summed E-state index contributed by atoms with van der Waals surface area (Å²) in [6.07, 6.45) is 3.85. The monoisotopic (exact) mass is 1830 g/mol. The normalized spacial score (nSPS) is 14.7. The van der Waals surface area contributed by atoms with Crippen molar-refractivity contribution in [3.05, 3.63) is 421 Å². The predicted molar refractivity (Wildman–Crippen MR) is 576 cm³/mol. The van der Waals surface area contributed by atoms with Crippen LogP contribution in [0.1, 0.15) is 127 Å². The van der Waals surface area contributed by atoms with Crippen molar-refractivity contribution in [3.63, 3.8) is 0 Å². The first-order valence-corrected chi connectivity index (χ1v) is 49.1. The number of hydrogen-bond acceptors (Lipinski definition) is 13. The molecule has 142 heavy (non-hydrogen) atoms. The van der Waals surface area contributed by atoms with Crippen LogP contribution in [-0.2, 0) is 21.7 Å². The Hall–Kier alpha value is -17.2. The number of pyridine rings is 1. The molecule has 0 bridgehead atoms. The standard InChI is InChI=1S/C47H35N3O.C46H36N4O.C36H25N3O/c1-46(2,3)47(4)39-24-13-12-21-33(39)36-27-41-37(26-40(36)47)34-22-14-23-35(42(34)51-41)44-48-43(28-15-6-5-7-16-28)49-45(50-44)38-25-29-17-8-9-18-30(29)31-19-10-11-20-32(31)38;1-5-46(6-2)36-19-10-8-15-29(36)33-26-40-34(25-38(33)46)31-16-13-17-32(41(31)51-40)43-48-42(49-44(50-43)39-20-11-12-23-47-39)27-21-22-30-28-14-7-9-18-35(28)45(3,4)37(30)24-27;1-36(2)29-19-10-9-16-24(29)27-21-31-28(20-30(27)36)25-17-11-18-26(32(25)40-31)35-38-33(22-12-5-3-6-13-22)37-34(39-35)23-14-7-4-8-15-23/h5-27H,1-4H3;7-26H,5-6H2,1-4H3;3-21H,1-2H3. The van der Waals surface area contributed by atoms with Gasteiger partial charge in [0.25, 0.3) is 0 Å². The Morgan fingerprint density at radius 1 is 0.225 bits per heavy atom. The molecule has 4 aliphatic carbocycles. The van der Waals surface area contributed by atoms with E-state index in [1.165, 1.54) is 99.8 Å². The van der Waals surface area contributed by atoms with Gasteiger partial charge >= 0.3 is 0 Å². The zero-order chi connectivity index (χ0) is 95.8. The van der Waals surface area contributed by atoms with Crippen LogP contribution in [-0.4, -0.2) is 49.8 Å². The summed E-state index contributed by atoms with van der Waals surface area (Å²) in [4.78, 5) is 50.1. The number of rotatable bonds is 11. The first-order chi connectivity index (χ1) is 69.3. The molecule has 0 spiro atoms. The van der Waals surface area contributed by atoms with E-state index in [0.717, 1.165) is 134 Å². The maximum atomic E-state index is 6.85. The van der Waals surface area contributed by atoms with Crippen molar-refractivity contribution in [1.29, 1.82) is 0 Å². The van der Waals surface area contributed by atoms with Crippen LogP contribution in [0.15, 0.2) is 389 Å². The molecule has 680 valence electrons. The molecule has 28 rings (SSSR count). The van der Waals surface area contributed by atoms with Gasteiger partial charge in [-0.2, -0.15) is 0 Å². The minimum Gasteiger partial charge on any atom is -0.455 e. The topological polar surface area (TPSA) is 168 Å². The van der Waals surface area contributed by atoms with Crippen molar-refractivity contribution < 1.29 is 13.3 Å². The molecule has 0 N–H and O–H groups in total. The number of aromatic nitrogens is 10. The smallest absolute Gasteiger partial charge is 0.182 e. The van der Waals surface area contributed by atoms with E-state index in [2.05, 4.69) is 341 Å². The van der Waals surface area contributed by atoms with Crippen LogP contribution < -0.4 is 0 Å². The predicted octanol–water partition coefficient (Wildman–Crippen LogP) is 33.0. The van der Waals surface area contributed by atoms with Gasteiger partial charge < -0.3 is 13.3 Å². The molecule has 0 amide bonds. The largest absolute Gasteiger partial charge is 0.455 e. The highest BCUT2D eigenvalue weighted by atomic mass is 16.3. The fourth-order valence-electron chi connectivity index (χ4n) is 23.4. The van der Waals surface area contributed by atoms with Crippen molar-refractivity contribution in [2.75, 3.05) is 0 Å². The Morgan fingerprint density at radius 2 is 0.570 bits per heavy atom. The first-order valence-electron chi connectivity index (χ1n) is 49.1. The average Bonchev–Trinajstić information content (AvgIpc) is 1.52. The maximum Gasteiger partial charge on any atom is 0.182 e. The second-order valence-corrected chi connectivity index (χ2v) is 40.3. The molecular weight excluding hydrogens is 1740 g/mol. The third-order valence-electron chi connectivity index (χ3n) is 31.2. The molecule has 0 radical (unpaired) electrons. The van der Waals surface area contributed by atoms with E-state index in [1.807, 2.05) is 103 Å². The summed E-state index contributed by atoms with van der Waals surface area (Å²) >= 11 is 0. The number of para-hydroxylation sites is 3. The Labute approximate surface area is 822 Å². The van der Waals surface area contributed by atoms with Crippen molar-refractivity contribution in [1.82, 2.24) is 49.8 Å². The van der Waals surface area contributed by atoms with Crippen LogP contribution in [0.2, 0.25) is 0 Å². The summed E-state index contributed by atoms with van der Waals surface area (Å²) in [5, 5.41) is 11.1. The molecule has 0 fully saturated rings. The number of nitrogens with zero attached hydrogens (tertiary/aromatic N) is 10. The van der Waals surface area contributed by atoms with E-state index < -0.39 is 0 Å². The molecule has 17 aromatic carbocycles. The summed E-state index contributed by atoms with van der Waals surface area (Å²) in [5.41, 5.74) is 33.5. The summed E-state index contributed by atoms with van der Waals surface area (Å²) in [7, 11) is 0. The molecule has 0 saturated carbocycles. The molecule has 4 aliphatic rings. The van der Waals surface area contributed by atoms with Crippen molar-refractivity contribution in [3.8, 4) is 147 Å². The molecular formula is C129H96N10O3. The molecule has 24 aromatic rings. The number of fused-ring (bicyclic) bond motifs is 24. The molecule has 1 unspecified atom stereocenters. The van der Waals surface area contributed by atoms with E-state index in [9.17, 15) is 0 Å². The minimum atomic E-state index is -0.162. The number of benzene rings is 17. The Morgan fingerprint density at radius 3 is 1.07 bits per heavy atom. The van der Waals surface area contributed by atoms with Gasteiger partial charge in [0.1, 0.15) is 39.2 Å². The van der Waals surface area contributed by atoms with E-state index in [-0.39, 0.29) is 27.1 Å². The molecule has 0 saturated heterocycles. The molecule has 13 heteroatoms. The summed E-state index contributed by atoms with van der Waals surface area (Å²) in [5.74, 6) is 5.39. The lowest BCUT2D eigenvalue weighted by Gasteiger charge is -2.41. The quantitative estimate of drug-likeness (QED) is 0.112. The molecule has 13 nitrogen and oxygen atoms in total. The molecule has 7 heterocycles. The van der Waals surface area contributed by atoms with Gasteiger partial charge in [-0.15, -0.1) is 0 Å². The summed E-state index contributed by atoms with van der Waals surface area (Å²) < 4.78 is 20.3. The highest BCUT2D eigenvalue weighted by Crippen LogP contribution is 2.61. The van der Waals surface area contributed by atoms with Crippen molar-refractivity contribution in [2.45, 2.75) is 104 Å². The fraction of sp³-hybridized carbons (Fsp3) is 0.132. The van der Waals surface area contributed by atoms with Crippen LogP contribution in [0.25, 0.3) is 234 Å². The Balaban J connectivity index is 0.000000110. The van der Waals surface area contributed by atoms with Gasteiger partial charge in [0.05, 0.1) is 16.7 Å². The minimum absolute atomic E-state index is 0.00517. The van der Waals surface area contributed by atoms with Crippen LogP contribution in [0.4, 0.5) is 0 Å². The lowest BCUT2D eigenvalue weighted by Crippen LogP contribution is -2.36. The fourth-order valence-corrected chi connectivity index (χ4v) is 23.4. The molecule has 1 atom stereocenters. The lowest BCUT2D eigenvalue weighted by molar-refractivity contribution is 0.255. The Bertz CT molecular complexity index is 9270. The average molecular weight is 1830 g/mol. The van der Waals surface area contributed by atoms with Gasteiger partial charge in [0, 0.05) is 88.0 Å². The van der Waals surface area contributed by atoms with E-state index in [4.69, 9.17) is 58.1 Å². The van der Waals surface area contributed by atoms with Gasteiger partial charge in [-0.3, -0.25) is 4.98 Å². The van der Waals surface area contributed by atoms with Gasteiger partial charge in [-0.05, 0) is 208 Å². The van der Waals surface area contributed by atoms with Gasteiger partial charge in [0.2, 0.25) is 0 Å². The first kappa shape index (κ1) is 85.3. The van der Waals surface area contributed by atoms with Crippen molar-refractivity contribution in [2.24, 2.45) is 5.41 Å². The van der Waals surface area contributed by atoms with Gasteiger partial charge in [-0.25, -0.2) is 44.9 Å². The SMILES string of the molecule is CC(C)(C)C1(C)c2ccccc2-c2cc3oc4c(-c5nc(-c6ccccc6)nc(-c6cc7ccccc7c7ccccc67)n5)cccc4c3cc21.CC1(C)c2ccccc2-c2cc3oc4c(-c5nc(-c6ccccc6)nc(-c6ccccc6)n5)cccc4c3cc21.CCC1(CC)c2ccccc2-c2cc3oc4c(-c5nc(-c6ccc7c(c6)C(C)(C)c6ccccc6-7)nc(-c6ccccn6)n5)cccc4c3cc21. The highest BCUT2D eigenvalue weighted by Gasteiger charge is 2.49. The van der Waals surface area contributed by atoms with Crippen molar-refractivity contribution >= 4 is 87.4 Å². The number of furan rings is 3. The van der Waals surface area contributed by atoms with Crippen LogP contribution >= 0.6 is 0 Å². The second kappa shape index (κ2) is 32.5. The maximum absolute atomic E-state index is 6.85. The summed E-state index contributed by atoms with van der Waals surface area (Å²) in [6.45, 7) is 23.2. The van der Waals surface area contributed by atoms with Crippen LogP contribution in [0.3, 0.4) is 0 Å². The molecule has 7 aromatic heterocycles. The van der Waals surface area contributed by atoms with Gasteiger partial charge in [0.15, 0.2) is 52.4 Å². The number of hydrogen-bond donors (Lipinski definition) is 0. The highest BCUT2D eigenvalue weighted by molar-refractivity contribution is 6.16. The molecule has 0 aliphatic heterocycles. The van der Waals surface area contributed by atoms with Crippen LogP contribution in [0.5, 0.6) is 0 Å². The third kappa shape index (κ3) is 13.3. The van der Waals surface area contributed by atoms with Gasteiger partial charge in [-0.1, -0.05) is 360 Å². The summed E-state index contributed by atoms with van der Waals surface area (Å²) in [6, 6.07) is 130. The second-order valence-electron chi connectivity index (χ2n) is 40.3. The van der Waals surface area contributed by atoms with E-state index in [1.54, 1.807) is 6.20 Å². The van der Waals surface area contributed by atoms with E-state index in [0.29, 0.717) is 58.1 Å². The Kier molecular flexibility index (Phi) is 19.5. The zero-order valence-corrected chi connectivity index (χ0v) is 80.4. The van der Waals surface area contributed by atoms with E-state index >= 15 is 0 Å². The van der Waals surface area contributed by atoms with Crippen LogP contribution in [0, 0.1) is 5.41 Å². The zero-order valence-electron chi connectivity index (χ0n) is 80.4. The third-order valence-corrected chi connectivity index (χ3v) is 31.2.